The van der Waals surface area contributed by atoms with Crippen molar-refractivity contribution in [3.63, 3.8) is 0 Å². The molecule has 1 saturated heterocycles. The van der Waals surface area contributed by atoms with Crippen molar-refractivity contribution in [2.24, 2.45) is 5.92 Å². The standard InChI is InChI=1S/C11H15ClN4O2S/c1-15(2)9(17)7-3-5-16(6-4-7)10(18)8-13-14-11(12)19-8/h7H,3-6H2,1-2H3. The maximum atomic E-state index is 12.1. The third-order valence-corrected chi connectivity index (χ3v) is 4.16. The van der Waals surface area contributed by atoms with E-state index in [4.69, 9.17) is 11.6 Å². The number of hydrogen-bond donors (Lipinski definition) is 0. The number of likely N-dealkylation sites (tertiary alicyclic amines) is 1. The Morgan fingerprint density at radius 2 is 1.95 bits per heavy atom. The molecule has 1 aliphatic rings. The van der Waals surface area contributed by atoms with E-state index in [0.29, 0.717) is 30.9 Å². The zero-order chi connectivity index (χ0) is 14.0. The van der Waals surface area contributed by atoms with Crippen LogP contribution in [0.5, 0.6) is 0 Å². The van der Waals surface area contributed by atoms with Crippen molar-refractivity contribution in [2.45, 2.75) is 12.8 Å². The van der Waals surface area contributed by atoms with Gasteiger partial charge in [-0.05, 0) is 24.4 Å². The van der Waals surface area contributed by atoms with Crippen molar-refractivity contribution < 1.29 is 9.59 Å². The van der Waals surface area contributed by atoms with Gasteiger partial charge in [0.05, 0.1) is 0 Å². The lowest BCUT2D eigenvalue weighted by Gasteiger charge is -2.31. The number of carbonyl (C=O) groups is 2. The summed E-state index contributed by atoms with van der Waals surface area (Å²) >= 11 is 6.75. The molecule has 0 aromatic carbocycles. The molecule has 1 fully saturated rings. The molecule has 1 aliphatic heterocycles. The quantitative estimate of drug-likeness (QED) is 0.821. The van der Waals surface area contributed by atoms with Gasteiger partial charge in [-0.15, -0.1) is 10.2 Å². The number of halogens is 1. The van der Waals surface area contributed by atoms with Gasteiger partial charge in [0, 0.05) is 33.1 Å². The molecule has 0 aliphatic carbocycles. The second-order valence-electron chi connectivity index (χ2n) is 4.66. The van der Waals surface area contributed by atoms with Crippen LogP contribution < -0.4 is 0 Å². The molecular weight excluding hydrogens is 288 g/mol. The molecule has 1 aromatic rings. The Labute approximate surface area is 120 Å². The van der Waals surface area contributed by atoms with Gasteiger partial charge in [-0.2, -0.15) is 0 Å². The highest BCUT2D eigenvalue weighted by Crippen LogP contribution is 2.22. The van der Waals surface area contributed by atoms with Crippen molar-refractivity contribution >= 4 is 34.8 Å². The van der Waals surface area contributed by atoms with Gasteiger partial charge < -0.3 is 9.80 Å². The van der Waals surface area contributed by atoms with E-state index in [1.54, 1.807) is 23.9 Å². The molecule has 19 heavy (non-hydrogen) atoms. The number of carbonyl (C=O) groups excluding carboxylic acids is 2. The van der Waals surface area contributed by atoms with Crippen LogP contribution in [-0.2, 0) is 4.79 Å². The zero-order valence-corrected chi connectivity index (χ0v) is 12.4. The summed E-state index contributed by atoms with van der Waals surface area (Å²) in [6, 6.07) is 0. The second-order valence-corrected chi connectivity index (χ2v) is 6.22. The Bertz CT molecular complexity index is 483. The molecule has 0 radical (unpaired) electrons. The van der Waals surface area contributed by atoms with Crippen LogP contribution in [0.1, 0.15) is 22.6 Å². The number of amides is 2. The molecule has 0 bridgehead atoms. The van der Waals surface area contributed by atoms with Crippen molar-refractivity contribution in [1.29, 1.82) is 0 Å². The Morgan fingerprint density at radius 1 is 1.32 bits per heavy atom. The van der Waals surface area contributed by atoms with Crippen molar-refractivity contribution in [3.05, 3.63) is 9.47 Å². The molecule has 6 nitrogen and oxygen atoms in total. The topological polar surface area (TPSA) is 66.4 Å². The Kier molecular flexibility index (Phi) is 4.36. The van der Waals surface area contributed by atoms with Crippen LogP contribution in [0.15, 0.2) is 0 Å². The maximum absolute atomic E-state index is 12.1. The summed E-state index contributed by atoms with van der Waals surface area (Å²) in [6.45, 7) is 1.14. The van der Waals surface area contributed by atoms with E-state index in [1.807, 2.05) is 0 Å². The monoisotopic (exact) mass is 302 g/mol. The van der Waals surface area contributed by atoms with Gasteiger partial charge >= 0.3 is 0 Å². The molecule has 104 valence electrons. The van der Waals surface area contributed by atoms with Crippen LogP contribution in [0.2, 0.25) is 4.47 Å². The van der Waals surface area contributed by atoms with Gasteiger partial charge in [0.25, 0.3) is 5.91 Å². The van der Waals surface area contributed by atoms with Crippen LogP contribution in [0.3, 0.4) is 0 Å². The molecule has 0 spiro atoms. The number of rotatable bonds is 2. The van der Waals surface area contributed by atoms with Crippen LogP contribution >= 0.6 is 22.9 Å². The summed E-state index contributed by atoms with van der Waals surface area (Å²) in [5, 5.41) is 7.68. The van der Waals surface area contributed by atoms with Gasteiger partial charge in [-0.3, -0.25) is 9.59 Å². The number of nitrogens with zero attached hydrogens (tertiary/aromatic N) is 4. The summed E-state index contributed by atoms with van der Waals surface area (Å²) in [5.41, 5.74) is 0. The molecule has 2 amide bonds. The molecular formula is C11H15ClN4O2S. The predicted molar refractivity (Wildman–Crippen MR) is 72.2 cm³/mol. The Morgan fingerprint density at radius 3 is 2.42 bits per heavy atom. The van der Waals surface area contributed by atoms with E-state index in [2.05, 4.69) is 10.2 Å². The predicted octanol–water partition coefficient (Wildman–Crippen LogP) is 1.13. The summed E-state index contributed by atoms with van der Waals surface area (Å²) in [5.74, 6) is -0.0109. The van der Waals surface area contributed by atoms with E-state index >= 15 is 0 Å². The van der Waals surface area contributed by atoms with E-state index in [9.17, 15) is 9.59 Å². The van der Waals surface area contributed by atoms with Crippen LogP contribution in [-0.4, -0.2) is 59.0 Å². The molecule has 1 aromatic heterocycles. The van der Waals surface area contributed by atoms with Gasteiger partial charge in [0.15, 0.2) is 0 Å². The zero-order valence-electron chi connectivity index (χ0n) is 10.8. The summed E-state index contributed by atoms with van der Waals surface area (Å²) in [4.78, 5) is 27.2. The summed E-state index contributed by atoms with van der Waals surface area (Å²) in [6.07, 6.45) is 1.38. The van der Waals surface area contributed by atoms with E-state index < -0.39 is 0 Å². The van der Waals surface area contributed by atoms with E-state index in [0.717, 1.165) is 11.3 Å². The van der Waals surface area contributed by atoms with Gasteiger partial charge in [0.1, 0.15) is 0 Å². The van der Waals surface area contributed by atoms with Crippen molar-refractivity contribution in [2.75, 3.05) is 27.2 Å². The molecule has 0 unspecified atom stereocenters. The highest BCUT2D eigenvalue weighted by molar-refractivity contribution is 7.17. The highest BCUT2D eigenvalue weighted by atomic mass is 35.5. The van der Waals surface area contributed by atoms with Crippen molar-refractivity contribution in [1.82, 2.24) is 20.0 Å². The molecule has 2 heterocycles. The normalized spacial score (nSPS) is 16.5. The number of aromatic nitrogens is 2. The minimum absolute atomic E-state index is 0.0112. The lowest BCUT2D eigenvalue weighted by Crippen LogP contribution is -2.42. The first kappa shape index (κ1) is 14.2. The minimum Gasteiger partial charge on any atom is -0.349 e. The van der Waals surface area contributed by atoms with Crippen LogP contribution in [0.4, 0.5) is 0 Å². The Balaban J connectivity index is 1.93. The average molecular weight is 303 g/mol. The number of hydrogen-bond acceptors (Lipinski definition) is 5. The number of piperidine rings is 1. The van der Waals surface area contributed by atoms with Crippen molar-refractivity contribution in [3.8, 4) is 0 Å². The SMILES string of the molecule is CN(C)C(=O)C1CCN(C(=O)c2nnc(Cl)s2)CC1. The Hall–Kier alpha value is -1.21. The molecule has 8 heteroatoms. The van der Waals surface area contributed by atoms with Crippen LogP contribution in [0, 0.1) is 5.92 Å². The summed E-state index contributed by atoms with van der Waals surface area (Å²) in [7, 11) is 3.51. The second kappa shape index (κ2) is 5.83. The lowest BCUT2D eigenvalue weighted by molar-refractivity contribution is -0.134. The first-order valence-corrected chi connectivity index (χ1v) is 7.18. The van der Waals surface area contributed by atoms with E-state index in [1.165, 1.54) is 0 Å². The summed E-state index contributed by atoms with van der Waals surface area (Å²) < 4.78 is 0.265. The van der Waals surface area contributed by atoms with Crippen LogP contribution in [0.25, 0.3) is 0 Å². The van der Waals surface area contributed by atoms with Gasteiger partial charge in [0.2, 0.25) is 15.4 Å². The fourth-order valence-corrected chi connectivity index (χ4v) is 2.92. The largest absolute Gasteiger partial charge is 0.349 e. The third-order valence-electron chi connectivity index (χ3n) is 3.16. The fourth-order valence-electron chi connectivity index (χ4n) is 2.12. The van der Waals surface area contributed by atoms with Gasteiger partial charge in [-0.1, -0.05) is 11.3 Å². The molecule has 2 rings (SSSR count). The maximum Gasteiger partial charge on any atom is 0.284 e. The first-order valence-electron chi connectivity index (χ1n) is 5.98. The highest BCUT2D eigenvalue weighted by Gasteiger charge is 2.29. The first-order chi connectivity index (χ1) is 8.99. The smallest absolute Gasteiger partial charge is 0.284 e. The van der Waals surface area contributed by atoms with Gasteiger partial charge in [-0.25, -0.2) is 0 Å². The van der Waals surface area contributed by atoms with E-state index in [-0.39, 0.29) is 22.2 Å². The molecule has 0 atom stereocenters. The minimum atomic E-state index is -0.153. The fraction of sp³-hybridized carbons (Fsp3) is 0.636. The third kappa shape index (κ3) is 3.22. The molecule has 0 N–H and O–H groups in total. The average Bonchev–Trinajstić information content (AvgIpc) is 2.84. The molecule has 0 saturated carbocycles. The lowest BCUT2D eigenvalue weighted by atomic mass is 9.95.